The number of nitrogens with one attached hydrogen (secondary N) is 2. The average molecular weight is 307 g/mol. The Bertz CT molecular complexity index is 703. The monoisotopic (exact) mass is 307 g/mol. The molecule has 2 aromatic rings. The largest absolute Gasteiger partial charge is 0.418 e. The van der Waals surface area contributed by atoms with E-state index in [1.54, 1.807) is 48.5 Å². The van der Waals surface area contributed by atoms with E-state index in [4.69, 9.17) is 4.55 Å². The fourth-order valence-corrected chi connectivity index (χ4v) is 1.64. The van der Waals surface area contributed by atoms with Gasteiger partial charge in [0.1, 0.15) is 0 Å². The van der Waals surface area contributed by atoms with Crippen molar-refractivity contribution in [3.8, 4) is 0 Å². The number of hydrogen-bond acceptors (Lipinski definition) is 4. The summed E-state index contributed by atoms with van der Waals surface area (Å²) in [5.41, 5.74) is 3.29. The Labute approximate surface area is 122 Å². The van der Waals surface area contributed by atoms with Gasteiger partial charge in [-0.25, -0.2) is 10.5 Å². The van der Waals surface area contributed by atoms with E-state index in [0.29, 0.717) is 11.4 Å². The maximum Gasteiger partial charge on any atom is 0.418 e. The van der Waals surface area contributed by atoms with Crippen molar-refractivity contribution in [2.45, 2.75) is 0 Å². The summed E-state index contributed by atoms with van der Waals surface area (Å²) in [4.78, 5) is 4.15. The summed E-state index contributed by atoms with van der Waals surface area (Å²) in [6.07, 6.45) is 0. The predicted molar refractivity (Wildman–Crippen MR) is 79.4 cm³/mol. The second-order valence-electron chi connectivity index (χ2n) is 3.90. The molecule has 0 aromatic heterocycles. The molecule has 0 atom stereocenters. The van der Waals surface area contributed by atoms with Crippen molar-refractivity contribution < 1.29 is 17.3 Å². The summed E-state index contributed by atoms with van der Waals surface area (Å²) < 4.78 is 34.0. The third-order valence-electron chi connectivity index (χ3n) is 2.28. The molecule has 0 aliphatic rings. The van der Waals surface area contributed by atoms with Crippen LogP contribution in [-0.2, 0) is 14.7 Å². The summed E-state index contributed by atoms with van der Waals surface area (Å²) in [6, 6.07) is 17.8. The van der Waals surface area contributed by atoms with E-state index in [1.165, 1.54) is 0 Å². The topological polar surface area (TPSA) is 100 Å². The minimum absolute atomic E-state index is 0.00465. The van der Waals surface area contributed by atoms with Crippen molar-refractivity contribution in [1.82, 2.24) is 5.48 Å². The molecule has 0 fully saturated rings. The molecule has 0 bridgehead atoms. The molecule has 3 N–H and O–H groups in total. The summed E-state index contributed by atoms with van der Waals surface area (Å²) in [5.74, 6) is 0.00465. The maximum absolute atomic E-state index is 10.6. The number of benzene rings is 2. The second kappa shape index (κ2) is 6.84. The highest BCUT2D eigenvalue weighted by Crippen LogP contribution is 2.11. The number of hydroxylamine groups is 1. The standard InChI is InChI=1S/C13H13N3O4S/c17-21(18,19)20-16-13(14-11-7-3-1-4-8-11)15-12-9-5-2-6-10-12/h1-10H,(H2,14,15,16)(H,17,18,19). The van der Waals surface area contributed by atoms with Crippen molar-refractivity contribution in [3.05, 3.63) is 60.7 Å². The number of rotatable bonds is 4. The van der Waals surface area contributed by atoms with Crippen molar-refractivity contribution in [3.63, 3.8) is 0 Å². The smallest absolute Gasteiger partial charge is 0.324 e. The van der Waals surface area contributed by atoms with Gasteiger partial charge in [-0.15, -0.1) is 4.28 Å². The first-order valence-corrected chi connectivity index (χ1v) is 7.27. The number of para-hydroxylation sites is 2. The average Bonchev–Trinajstić information content (AvgIpc) is 2.46. The molecule has 7 nitrogen and oxygen atoms in total. The Morgan fingerprint density at radius 2 is 1.57 bits per heavy atom. The first-order valence-electron chi connectivity index (χ1n) is 5.91. The number of anilines is 1. The van der Waals surface area contributed by atoms with Gasteiger partial charge in [0.2, 0.25) is 5.96 Å². The maximum atomic E-state index is 10.6. The lowest BCUT2D eigenvalue weighted by Gasteiger charge is -2.10. The van der Waals surface area contributed by atoms with Crippen LogP contribution in [-0.4, -0.2) is 18.9 Å². The van der Waals surface area contributed by atoms with E-state index in [-0.39, 0.29) is 5.96 Å². The lowest BCUT2D eigenvalue weighted by molar-refractivity contribution is 0.226. The highest BCUT2D eigenvalue weighted by molar-refractivity contribution is 7.80. The Balaban J connectivity index is 2.20. The van der Waals surface area contributed by atoms with Crippen molar-refractivity contribution in [2.24, 2.45) is 4.99 Å². The molecule has 0 radical (unpaired) electrons. The molecule has 0 saturated carbocycles. The number of nitrogens with zero attached hydrogens (tertiary/aromatic N) is 1. The van der Waals surface area contributed by atoms with Gasteiger partial charge in [0.05, 0.1) is 5.69 Å². The lowest BCUT2D eigenvalue weighted by atomic mass is 10.3. The molecule has 8 heteroatoms. The van der Waals surface area contributed by atoms with E-state index in [0.717, 1.165) is 0 Å². The van der Waals surface area contributed by atoms with E-state index in [2.05, 4.69) is 20.1 Å². The van der Waals surface area contributed by atoms with Crippen LogP contribution < -0.4 is 10.8 Å². The van der Waals surface area contributed by atoms with Crippen LogP contribution in [0.4, 0.5) is 11.4 Å². The molecule has 2 aromatic carbocycles. The van der Waals surface area contributed by atoms with Gasteiger partial charge in [-0.1, -0.05) is 36.4 Å². The molecule has 0 heterocycles. The molecule has 2 rings (SSSR count). The molecule has 21 heavy (non-hydrogen) atoms. The molecule has 0 saturated heterocycles. The number of aliphatic imine (C=N–C) groups is 1. The second-order valence-corrected chi connectivity index (χ2v) is 4.92. The lowest BCUT2D eigenvalue weighted by Crippen LogP contribution is -2.32. The van der Waals surface area contributed by atoms with Gasteiger partial charge in [-0.05, 0) is 24.3 Å². The zero-order valence-electron chi connectivity index (χ0n) is 10.8. The predicted octanol–water partition coefficient (Wildman–Crippen LogP) is 2.11. The van der Waals surface area contributed by atoms with Gasteiger partial charge in [0, 0.05) is 5.69 Å². The van der Waals surface area contributed by atoms with Gasteiger partial charge in [0.15, 0.2) is 0 Å². The fourth-order valence-electron chi connectivity index (χ4n) is 1.46. The molecule has 0 aliphatic heterocycles. The van der Waals surface area contributed by atoms with Crippen LogP contribution in [0, 0.1) is 0 Å². The highest BCUT2D eigenvalue weighted by atomic mass is 32.3. The Hall–Kier alpha value is -2.42. The molecular formula is C13H13N3O4S. The number of guanidine groups is 1. The highest BCUT2D eigenvalue weighted by Gasteiger charge is 2.08. The van der Waals surface area contributed by atoms with Crippen molar-refractivity contribution in [2.75, 3.05) is 5.32 Å². The van der Waals surface area contributed by atoms with E-state index in [1.807, 2.05) is 12.1 Å². The first-order chi connectivity index (χ1) is 10.0. The van der Waals surface area contributed by atoms with Gasteiger partial charge in [-0.3, -0.25) is 4.55 Å². The van der Waals surface area contributed by atoms with Gasteiger partial charge in [-0.2, -0.15) is 8.42 Å². The number of hydrogen-bond donors (Lipinski definition) is 3. The summed E-state index contributed by atoms with van der Waals surface area (Å²) in [6.45, 7) is 0. The van der Waals surface area contributed by atoms with Crippen LogP contribution in [0.2, 0.25) is 0 Å². The van der Waals surface area contributed by atoms with Gasteiger partial charge in [0.25, 0.3) is 0 Å². The van der Waals surface area contributed by atoms with E-state index >= 15 is 0 Å². The summed E-state index contributed by atoms with van der Waals surface area (Å²) in [5, 5.41) is 2.84. The third-order valence-corrected chi connectivity index (χ3v) is 2.57. The molecule has 0 aliphatic carbocycles. The van der Waals surface area contributed by atoms with Crippen molar-refractivity contribution >= 4 is 27.7 Å². The van der Waals surface area contributed by atoms with Crippen LogP contribution in [0.1, 0.15) is 0 Å². The molecular weight excluding hydrogens is 294 g/mol. The Morgan fingerprint density at radius 3 is 2.14 bits per heavy atom. The minimum Gasteiger partial charge on any atom is -0.324 e. The first kappa shape index (κ1) is 15.0. The van der Waals surface area contributed by atoms with Crippen molar-refractivity contribution in [1.29, 1.82) is 0 Å². The van der Waals surface area contributed by atoms with Crippen LogP contribution >= 0.6 is 0 Å². The zero-order chi connectivity index (χ0) is 15.1. The Morgan fingerprint density at radius 1 is 1.00 bits per heavy atom. The normalized spacial score (nSPS) is 12.0. The Kier molecular flexibility index (Phi) is 4.88. The molecule has 0 amide bonds. The fraction of sp³-hybridized carbons (Fsp3) is 0. The van der Waals surface area contributed by atoms with E-state index < -0.39 is 10.4 Å². The van der Waals surface area contributed by atoms with Crippen LogP contribution in [0.5, 0.6) is 0 Å². The van der Waals surface area contributed by atoms with Gasteiger partial charge < -0.3 is 5.32 Å². The third kappa shape index (κ3) is 5.61. The van der Waals surface area contributed by atoms with Gasteiger partial charge >= 0.3 is 10.4 Å². The minimum atomic E-state index is -4.64. The van der Waals surface area contributed by atoms with E-state index in [9.17, 15) is 8.42 Å². The van der Waals surface area contributed by atoms with Crippen LogP contribution in [0.3, 0.4) is 0 Å². The molecule has 0 spiro atoms. The summed E-state index contributed by atoms with van der Waals surface area (Å²) >= 11 is 0. The SMILES string of the molecule is O=S(=O)(O)ONC(=Nc1ccccc1)Nc1ccccc1. The zero-order valence-corrected chi connectivity index (χ0v) is 11.6. The van der Waals surface area contributed by atoms with Crippen LogP contribution in [0.15, 0.2) is 65.7 Å². The summed E-state index contributed by atoms with van der Waals surface area (Å²) in [7, 11) is -4.64. The van der Waals surface area contributed by atoms with Crippen LogP contribution in [0.25, 0.3) is 0 Å². The molecule has 110 valence electrons. The molecule has 0 unspecified atom stereocenters. The quantitative estimate of drug-likeness (QED) is 0.346.